The SMILES string of the molecule is CC.CCNCC1CCC(=O)N1. The molecule has 1 aliphatic heterocycles. The fourth-order valence-electron chi connectivity index (χ4n) is 1.15. The van der Waals surface area contributed by atoms with E-state index < -0.39 is 0 Å². The average Bonchev–Trinajstić information content (AvgIpc) is 2.51. The number of hydrogen-bond acceptors (Lipinski definition) is 2. The van der Waals surface area contributed by atoms with E-state index >= 15 is 0 Å². The number of rotatable bonds is 3. The van der Waals surface area contributed by atoms with Gasteiger partial charge in [0.15, 0.2) is 0 Å². The summed E-state index contributed by atoms with van der Waals surface area (Å²) in [5.41, 5.74) is 0. The van der Waals surface area contributed by atoms with Gasteiger partial charge in [-0.3, -0.25) is 4.79 Å². The highest BCUT2D eigenvalue weighted by molar-refractivity contribution is 5.78. The van der Waals surface area contributed by atoms with Crippen LogP contribution in [0.4, 0.5) is 0 Å². The quantitative estimate of drug-likeness (QED) is 0.664. The minimum absolute atomic E-state index is 0.197. The van der Waals surface area contributed by atoms with Gasteiger partial charge in [-0.2, -0.15) is 0 Å². The molecule has 3 heteroatoms. The molecule has 1 rings (SSSR count). The predicted octanol–water partition coefficient (Wildman–Crippen LogP) is 0.901. The van der Waals surface area contributed by atoms with Crippen LogP contribution in [0.2, 0.25) is 0 Å². The summed E-state index contributed by atoms with van der Waals surface area (Å²) in [6.45, 7) is 7.96. The summed E-state index contributed by atoms with van der Waals surface area (Å²) >= 11 is 0. The molecule has 1 fully saturated rings. The normalized spacial score (nSPS) is 21.2. The second-order valence-corrected chi connectivity index (χ2v) is 2.61. The number of carbonyl (C=O) groups is 1. The fourth-order valence-corrected chi connectivity index (χ4v) is 1.15. The first-order valence-corrected chi connectivity index (χ1v) is 4.83. The molecule has 1 unspecified atom stereocenters. The highest BCUT2D eigenvalue weighted by atomic mass is 16.1. The Morgan fingerprint density at radius 2 is 2.25 bits per heavy atom. The second kappa shape index (κ2) is 7.10. The van der Waals surface area contributed by atoms with Gasteiger partial charge in [-0.05, 0) is 13.0 Å². The van der Waals surface area contributed by atoms with Crippen molar-refractivity contribution in [1.82, 2.24) is 10.6 Å². The van der Waals surface area contributed by atoms with Gasteiger partial charge in [0.25, 0.3) is 0 Å². The zero-order valence-electron chi connectivity index (χ0n) is 8.31. The molecule has 0 aromatic heterocycles. The molecule has 12 heavy (non-hydrogen) atoms. The van der Waals surface area contributed by atoms with Crippen LogP contribution in [0.25, 0.3) is 0 Å². The lowest BCUT2D eigenvalue weighted by Gasteiger charge is -2.08. The molecule has 1 atom stereocenters. The summed E-state index contributed by atoms with van der Waals surface area (Å²) in [5, 5.41) is 6.08. The molecule has 0 saturated carbocycles. The first-order chi connectivity index (χ1) is 5.83. The third kappa shape index (κ3) is 4.34. The van der Waals surface area contributed by atoms with E-state index in [-0.39, 0.29) is 5.91 Å². The van der Waals surface area contributed by atoms with Gasteiger partial charge in [0, 0.05) is 19.0 Å². The molecule has 0 radical (unpaired) electrons. The molecule has 0 aliphatic carbocycles. The number of nitrogens with one attached hydrogen (secondary N) is 2. The van der Waals surface area contributed by atoms with E-state index in [1.807, 2.05) is 13.8 Å². The summed E-state index contributed by atoms with van der Waals surface area (Å²) in [6.07, 6.45) is 1.70. The average molecular weight is 172 g/mol. The third-order valence-corrected chi connectivity index (χ3v) is 1.73. The lowest BCUT2D eigenvalue weighted by atomic mass is 10.2. The molecule has 1 saturated heterocycles. The van der Waals surface area contributed by atoms with E-state index in [0.29, 0.717) is 12.5 Å². The van der Waals surface area contributed by atoms with Crippen molar-refractivity contribution < 1.29 is 4.79 Å². The van der Waals surface area contributed by atoms with Gasteiger partial charge in [-0.15, -0.1) is 0 Å². The fraction of sp³-hybridized carbons (Fsp3) is 0.889. The van der Waals surface area contributed by atoms with Crippen molar-refractivity contribution in [3.63, 3.8) is 0 Å². The maximum atomic E-state index is 10.7. The molecule has 1 aliphatic rings. The molecule has 0 bridgehead atoms. The molecule has 0 aromatic rings. The highest BCUT2D eigenvalue weighted by Gasteiger charge is 2.19. The third-order valence-electron chi connectivity index (χ3n) is 1.73. The van der Waals surface area contributed by atoms with Gasteiger partial charge >= 0.3 is 0 Å². The zero-order valence-corrected chi connectivity index (χ0v) is 8.31. The van der Waals surface area contributed by atoms with E-state index in [0.717, 1.165) is 19.5 Å². The van der Waals surface area contributed by atoms with Gasteiger partial charge < -0.3 is 10.6 Å². The van der Waals surface area contributed by atoms with Crippen molar-refractivity contribution in [3.05, 3.63) is 0 Å². The Morgan fingerprint density at radius 3 is 2.67 bits per heavy atom. The monoisotopic (exact) mass is 172 g/mol. The van der Waals surface area contributed by atoms with Gasteiger partial charge in [0.05, 0.1) is 0 Å². The Balaban J connectivity index is 0.000000561. The van der Waals surface area contributed by atoms with Crippen molar-refractivity contribution in [3.8, 4) is 0 Å². The summed E-state index contributed by atoms with van der Waals surface area (Å²) < 4.78 is 0. The Morgan fingerprint density at radius 1 is 1.58 bits per heavy atom. The van der Waals surface area contributed by atoms with Crippen molar-refractivity contribution in [2.24, 2.45) is 0 Å². The maximum absolute atomic E-state index is 10.7. The molecule has 1 amide bonds. The summed E-state index contributed by atoms with van der Waals surface area (Å²) in [4.78, 5) is 10.7. The van der Waals surface area contributed by atoms with Crippen LogP contribution in [0, 0.1) is 0 Å². The van der Waals surface area contributed by atoms with Gasteiger partial charge in [-0.1, -0.05) is 20.8 Å². The number of amides is 1. The van der Waals surface area contributed by atoms with Crippen molar-refractivity contribution in [1.29, 1.82) is 0 Å². The van der Waals surface area contributed by atoms with E-state index in [4.69, 9.17) is 0 Å². The Bertz CT molecular complexity index is 126. The van der Waals surface area contributed by atoms with Crippen LogP contribution in [-0.4, -0.2) is 25.0 Å². The van der Waals surface area contributed by atoms with Crippen molar-refractivity contribution in [2.75, 3.05) is 13.1 Å². The van der Waals surface area contributed by atoms with E-state index in [1.165, 1.54) is 0 Å². The first kappa shape index (κ1) is 11.4. The number of carbonyl (C=O) groups excluding carboxylic acids is 1. The molecule has 72 valence electrons. The van der Waals surface area contributed by atoms with E-state index in [2.05, 4.69) is 17.6 Å². The number of hydrogen-bond donors (Lipinski definition) is 2. The lowest BCUT2D eigenvalue weighted by Crippen LogP contribution is -2.35. The minimum atomic E-state index is 0.197. The van der Waals surface area contributed by atoms with E-state index in [1.54, 1.807) is 0 Å². The van der Waals surface area contributed by atoms with Gasteiger partial charge in [-0.25, -0.2) is 0 Å². The Hall–Kier alpha value is -0.570. The van der Waals surface area contributed by atoms with E-state index in [9.17, 15) is 4.79 Å². The molecule has 2 N–H and O–H groups in total. The van der Waals surface area contributed by atoms with Crippen LogP contribution in [0.5, 0.6) is 0 Å². The van der Waals surface area contributed by atoms with Crippen LogP contribution in [0.1, 0.15) is 33.6 Å². The van der Waals surface area contributed by atoms with Crippen molar-refractivity contribution in [2.45, 2.75) is 39.7 Å². The summed E-state index contributed by atoms with van der Waals surface area (Å²) in [5.74, 6) is 0.197. The second-order valence-electron chi connectivity index (χ2n) is 2.61. The summed E-state index contributed by atoms with van der Waals surface area (Å²) in [6, 6.07) is 0.382. The molecular weight excluding hydrogens is 152 g/mol. The molecule has 3 nitrogen and oxygen atoms in total. The van der Waals surface area contributed by atoms with Crippen molar-refractivity contribution >= 4 is 5.91 Å². The Labute approximate surface area is 74.9 Å². The van der Waals surface area contributed by atoms with Gasteiger partial charge in [0.2, 0.25) is 5.91 Å². The smallest absolute Gasteiger partial charge is 0.220 e. The molecule has 0 aromatic carbocycles. The standard InChI is InChI=1S/C7H14N2O.C2H6/c1-2-8-5-6-3-4-7(10)9-6;1-2/h6,8H,2-5H2,1H3,(H,9,10);1-2H3. The van der Waals surface area contributed by atoms with Crippen LogP contribution >= 0.6 is 0 Å². The lowest BCUT2D eigenvalue weighted by molar-refractivity contribution is -0.119. The van der Waals surface area contributed by atoms with Crippen LogP contribution in [-0.2, 0) is 4.79 Å². The van der Waals surface area contributed by atoms with Crippen LogP contribution in [0.3, 0.4) is 0 Å². The zero-order chi connectivity index (χ0) is 9.40. The first-order valence-electron chi connectivity index (χ1n) is 4.83. The topological polar surface area (TPSA) is 41.1 Å². The highest BCUT2D eigenvalue weighted by Crippen LogP contribution is 2.04. The number of likely N-dealkylation sites (N-methyl/N-ethyl adjacent to an activating group) is 1. The van der Waals surface area contributed by atoms with Gasteiger partial charge in [0.1, 0.15) is 0 Å². The molecule has 1 heterocycles. The largest absolute Gasteiger partial charge is 0.352 e. The summed E-state index contributed by atoms with van der Waals surface area (Å²) in [7, 11) is 0. The molecular formula is C9H20N2O. The van der Waals surface area contributed by atoms with Crippen LogP contribution < -0.4 is 10.6 Å². The Kier molecular flexibility index (Phi) is 6.76. The van der Waals surface area contributed by atoms with Crippen LogP contribution in [0.15, 0.2) is 0 Å². The predicted molar refractivity (Wildman–Crippen MR) is 51.1 cm³/mol. The molecule has 0 spiro atoms. The minimum Gasteiger partial charge on any atom is -0.352 e. The maximum Gasteiger partial charge on any atom is 0.220 e.